The number of H-pyrrole nitrogens is 1. The number of benzene rings is 1. The lowest BCUT2D eigenvalue weighted by Gasteiger charge is -2.30. The van der Waals surface area contributed by atoms with Crippen molar-refractivity contribution in [3.63, 3.8) is 0 Å². The molecule has 0 radical (unpaired) electrons. The number of carbonyl (C=O) groups excluding carboxylic acids is 1. The summed E-state index contributed by atoms with van der Waals surface area (Å²) in [6.07, 6.45) is 4.78. The lowest BCUT2D eigenvalue weighted by atomic mass is 9.96. The highest BCUT2D eigenvalue weighted by molar-refractivity contribution is 5.85. The lowest BCUT2D eigenvalue weighted by molar-refractivity contribution is -0.137. The van der Waals surface area contributed by atoms with Gasteiger partial charge in [0.15, 0.2) is 0 Å². The van der Waals surface area contributed by atoms with Crippen LogP contribution in [0.25, 0.3) is 10.9 Å². The highest BCUT2D eigenvalue weighted by atomic mass is 16.3. The summed E-state index contributed by atoms with van der Waals surface area (Å²) in [7, 11) is 0. The van der Waals surface area contributed by atoms with Crippen LogP contribution in [-0.2, 0) is 17.8 Å². The van der Waals surface area contributed by atoms with E-state index in [9.17, 15) is 9.90 Å². The molecular formula is C18H22N2O2. The second kappa shape index (κ2) is 5.13. The molecule has 1 aliphatic heterocycles. The Morgan fingerprint density at radius 2 is 2.05 bits per heavy atom. The zero-order valence-corrected chi connectivity index (χ0v) is 12.8. The predicted molar refractivity (Wildman–Crippen MR) is 85.5 cm³/mol. The Hall–Kier alpha value is -1.81. The number of hydrogen-bond acceptors (Lipinski definition) is 2. The van der Waals surface area contributed by atoms with Crippen molar-refractivity contribution in [2.45, 2.75) is 50.7 Å². The molecule has 1 saturated carbocycles. The number of nitrogens with one attached hydrogen (secondary N) is 1. The molecule has 2 heterocycles. The molecule has 1 aromatic heterocycles. The summed E-state index contributed by atoms with van der Waals surface area (Å²) in [5, 5.41) is 11.7. The molecule has 2 N–H and O–H groups in total. The predicted octanol–water partition coefficient (Wildman–Crippen LogP) is 2.75. The maximum absolute atomic E-state index is 12.5. The minimum Gasteiger partial charge on any atom is -0.389 e. The van der Waals surface area contributed by atoms with Crippen molar-refractivity contribution in [2.75, 3.05) is 6.54 Å². The second-order valence-electron chi connectivity index (χ2n) is 6.80. The van der Waals surface area contributed by atoms with Gasteiger partial charge in [0.25, 0.3) is 0 Å². The molecular weight excluding hydrogens is 276 g/mol. The Bertz CT molecular complexity index is 713. The summed E-state index contributed by atoms with van der Waals surface area (Å²) in [4.78, 5) is 17.9. The number of amides is 1. The van der Waals surface area contributed by atoms with Crippen molar-refractivity contribution >= 4 is 16.8 Å². The van der Waals surface area contributed by atoms with Gasteiger partial charge < -0.3 is 15.0 Å². The van der Waals surface area contributed by atoms with Gasteiger partial charge in [0.2, 0.25) is 5.91 Å². The molecule has 0 unspecified atom stereocenters. The van der Waals surface area contributed by atoms with Gasteiger partial charge >= 0.3 is 0 Å². The van der Waals surface area contributed by atoms with Gasteiger partial charge in [-0.25, -0.2) is 0 Å². The molecule has 116 valence electrons. The maximum Gasteiger partial charge on any atom is 0.225 e. The van der Waals surface area contributed by atoms with Gasteiger partial charge in [0.1, 0.15) is 0 Å². The van der Waals surface area contributed by atoms with E-state index in [0.29, 0.717) is 6.54 Å². The summed E-state index contributed by atoms with van der Waals surface area (Å²) in [6, 6.07) is 8.32. The number of aromatic nitrogens is 1. The number of rotatable bonds is 2. The Morgan fingerprint density at radius 3 is 2.86 bits per heavy atom. The minimum absolute atomic E-state index is 0.0914. The van der Waals surface area contributed by atoms with E-state index in [1.807, 2.05) is 11.0 Å². The van der Waals surface area contributed by atoms with Gasteiger partial charge in [-0.3, -0.25) is 4.79 Å². The van der Waals surface area contributed by atoms with Crippen LogP contribution in [0.1, 0.15) is 43.4 Å². The van der Waals surface area contributed by atoms with Crippen LogP contribution in [0.5, 0.6) is 0 Å². The van der Waals surface area contributed by atoms with Crippen molar-refractivity contribution in [2.24, 2.45) is 0 Å². The largest absolute Gasteiger partial charge is 0.389 e. The van der Waals surface area contributed by atoms with E-state index in [-0.39, 0.29) is 12.3 Å². The maximum atomic E-state index is 12.5. The third-order valence-electron chi connectivity index (χ3n) is 5.25. The first-order valence-corrected chi connectivity index (χ1v) is 8.23. The normalized spacial score (nSPS) is 20.3. The monoisotopic (exact) mass is 298 g/mol. The Kier molecular flexibility index (Phi) is 3.22. The molecule has 0 saturated heterocycles. The summed E-state index contributed by atoms with van der Waals surface area (Å²) < 4.78 is 0. The molecule has 0 bridgehead atoms. The number of para-hydroxylation sites is 1. The van der Waals surface area contributed by atoms with Crippen molar-refractivity contribution in [3.8, 4) is 0 Å². The summed E-state index contributed by atoms with van der Waals surface area (Å²) >= 11 is 0. The van der Waals surface area contributed by atoms with Crippen molar-refractivity contribution in [1.29, 1.82) is 0 Å². The van der Waals surface area contributed by atoms with E-state index in [2.05, 4.69) is 23.2 Å². The molecule has 4 nitrogen and oxygen atoms in total. The summed E-state index contributed by atoms with van der Waals surface area (Å²) in [5.74, 6) is 0.0914. The zero-order valence-electron chi connectivity index (χ0n) is 12.8. The summed E-state index contributed by atoms with van der Waals surface area (Å²) in [6.45, 7) is 1.39. The standard InChI is InChI=1S/C18H22N2O2/c21-17(11-18(22)8-3-4-9-18)20-10-7-14-13-5-1-2-6-15(13)19-16(14)12-20/h1-2,5-6,19,22H,3-4,7-12H2. The van der Waals surface area contributed by atoms with Crippen LogP contribution >= 0.6 is 0 Å². The van der Waals surface area contributed by atoms with Crippen LogP contribution < -0.4 is 0 Å². The second-order valence-corrected chi connectivity index (χ2v) is 6.80. The van der Waals surface area contributed by atoms with Crippen molar-refractivity contribution in [3.05, 3.63) is 35.5 Å². The Balaban J connectivity index is 1.53. The molecule has 1 fully saturated rings. The fourth-order valence-electron chi connectivity index (χ4n) is 4.01. The smallest absolute Gasteiger partial charge is 0.225 e. The third kappa shape index (κ3) is 2.31. The van der Waals surface area contributed by atoms with E-state index in [1.54, 1.807) is 0 Å². The minimum atomic E-state index is -0.752. The van der Waals surface area contributed by atoms with E-state index >= 15 is 0 Å². The van der Waals surface area contributed by atoms with Gasteiger partial charge in [0, 0.05) is 23.1 Å². The van der Waals surface area contributed by atoms with Crippen LogP contribution in [0, 0.1) is 0 Å². The highest BCUT2D eigenvalue weighted by Gasteiger charge is 2.35. The molecule has 1 aromatic carbocycles. The first kappa shape index (κ1) is 13.8. The Morgan fingerprint density at radius 1 is 1.27 bits per heavy atom. The molecule has 0 spiro atoms. The number of fused-ring (bicyclic) bond motifs is 3. The van der Waals surface area contributed by atoms with E-state index < -0.39 is 5.60 Å². The summed E-state index contributed by atoms with van der Waals surface area (Å²) in [5.41, 5.74) is 2.90. The quantitative estimate of drug-likeness (QED) is 0.895. The third-order valence-corrected chi connectivity index (χ3v) is 5.25. The number of aliphatic hydroxyl groups is 1. The first-order valence-electron chi connectivity index (χ1n) is 8.23. The number of aromatic amines is 1. The number of hydrogen-bond donors (Lipinski definition) is 2. The average Bonchev–Trinajstić information content (AvgIpc) is 3.10. The molecule has 22 heavy (non-hydrogen) atoms. The van der Waals surface area contributed by atoms with E-state index in [1.165, 1.54) is 10.9 Å². The van der Waals surface area contributed by atoms with Crippen LogP contribution in [0.2, 0.25) is 0 Å². The van der Waals surface area contributed by atoms with Crippen LogP contribution in [0.4, 0.5) is 0 Å². The highest BCUT2D eigenvalue weighted by Crippen LogP contribution is 2.34. The molecule has 4 heteroatoms. The molecule has 4 rings (SSSR count). The molecule has 1 amide bonds. The average molecular weight is 298 g/mol. The molecule has 2 aromatic rings. The van der Waals surface area contributed by atoms with Crippen LogP contribution in [-0.4, -0.2) is 33.0 Å². The molecule has 1 aliphatic carbocycles. The SMILES string of the molecule is O=C(CC1(O)CCCC1)N1CCc2c([nH]c3ccccc23)C1. The zero-order chi connectivity index (χ0) is 15.2. The lowest BCUT2D eigenvalue weighted by Crippen LogP contribution is -2.40. The first-order chi connectivity index (χ1) is 10.6. The van der Waals surface area contributed by atoms with Crippen molar-refractivity contribution < 1.29 is 9.90 Å². The van der Waals surface area contributed by atoms with Crippen LogP contribution in [0.3, 0.4) is 0 Å². The fraction of sp³-hybridized carbons (Fsp3) is 0.500. The van der Waals surface area contributed by atoms with Gasteiger partial charge in [-0.05, 0) is 30.9 Å². The Labute approximate surface area is 130 Å². The van der Waals surface area contributed by atoms with Gasteiger partial charge in [-0.1, -0.05) is 31.0 Å². The van der Waals surface area contributed by atoms with E-state index in [4.69, 9.17) is 0 Å². The molecule has 0 atom stereocenters. The van der Waals surface area contributed by atoms with Crippen molar-refractivity contribution in [1.82, 2.24) is 9.88 Å². The van der Waals surface area contributed by atoms with Gasteiger partial charge in [-0.15, -0.1) is 0 Å². The topological polar surface area (TPSA) is 56.3 Å². The molecule has 2 aliphatic rings. The van der Waals surface area contributed by atoms with Gasteiger partial charge in [0.05, 0.1) is 18.6 Å². The fourth-order valence-corrected chi connectivity index (χ4v) is 4.01. The number of carbonyl (C=O) groups is 1. The van der Waals surface area contributed by atoms with Crippen LogP contribution in [0.15, 0.2) is 24.3 Å². The van der Waals surface area contributed by atoms with E-state index in [0.717, 1.165) is 49.9 Å². The number of nitrogens with zero attached hydrogens (tertiary/aromatic N) is 1. The van der Waals surface area contributed by atoms with Gasteiger partial charge in [-0.2, -0.15) is 0 Å².